The molecule has 0 saturated carbocycles. The van der Waals surface area contributed by atoms with Crippen LogP contribution in [0.5, 0.6) is 11.5 Å². The summed E-state index contributed by atoms with van der Waals surface area (Å²) in [4.78, 5) is 30.0. The van der Waals surface area contributed by atoms with Crippen LogP contribution in [0.4, 0.5) is 5.69 Å². The van der Waals surface area contributed by atoms with Gasteiger partial charge in [0.05, 0.1) is 29.7 Å². The van der Waals surface area contributed by atoms with Gasteiger partial charge in [-0.2, -0.15) is 30.6 Å². The number of anilines is 1. The smallest absolute Gasteiger partial charge is 0.231 e. The zero-order valence-corrected chi connectivity index (χ0v) is 62.0. The highest BCUT2D eigenvalue weighted by Crippen LogP contribution is 2.30. The molecule has 0 unspecified atom stereocenters. The number of pyridine rings is 5. The molecule has 31 heteroatoms. The zero-order chi connectivity index (χ0) is 78.3. The third kappa shape index (κ3) is 29.9. The average Bonchev–Trinajstić information content (AvgIpc) is 1.88. The van der Waals surface area contributed by atoms with Gasteiger partial charge in [-0.15, -0.1) is 26.6 Å². The van der Waals surface area contributed by atoms with Gasteiger partial charge in [-0.05, 0) is 144 Å². The maximum atomic E-state index is 5.08. The lowest BCUT2D eigenvalue weighted by molar-refractivity contribution is 0.174. The largest absolute Gasteiger partial charge is 0.454 e. The highest BCUT2D eigenvalue weighted by Gasteiger charge is 2.10. The van der Waals surface area contributed by atoms with Gasteiger partial charge in [-0.3, -0.25) is 24.6 Å². The second-order valence-corrected chi connectivity index (χ2v) is 22.9. The van der Waals surface area contributed by atoms with Crippen LogP contribution in [0.25, 0.3) is 50.2 Å². The molecule has 114 heavy (non-hydrogen) atoms. The van der Waals surface area contributed by atoms with Crippen LogP contribution in [-0.4, -0.2) is 142 Å². The Labute approximate surface area is 657 Å². The van der Waals surface area contributed by atoms with Gasteiger partial charge in [-0.1, -0.05) is 127 Å². The van der Waals surface area contributed by atoms with E-state index in [1.807, 2.05) is 282 Å². The molecule has 22 aromatic rings. The van der Waals surface area contributed by atoms with Crippen LogP contribution in [0.15, 0.2) is 413 Å². The highest BCUT2D eigenvalue weighted by molar-refractivity contribution is 7.07. The van der Waals surface area contributed by atoms with Crippen molar-refractivity contribution in [1.82, 2.24) is 129 Å². The van der Waals surface area contributed by atoms with Crippen LogP contribution in [-0.2, 0) is 6.42 Å². The number of imidazole rings is 2. The minimum absolute atomic E-state index is 0.360. The second kappa shape index (κ2) is 49.6. The lowest BCUT2D eigenvalue weighted by atomic mass is 10.2. The van der Waals surface area contributed by atoms with Crippen LogP contribution >= 0.6 is 11.3 Å². The maximum absolute atomic E-state index is 5.08. The number of hydrogen-bond acceptors (Lipinski definition) is 23. The Morgan fingerprint density at radius 3 is 1.70 bits per heavy atom. The fourth-order valence-corrected chi connectivity index (χ4v) is 9.53. The van der Waals surface area contributed by atoms with Gasteiger partial charge in [0.15, 0.2) is 46.1 Å². The van der Waals surface area contributed by atoms with Crippen LogP contribution in [0.1, 0.15) is 5.56 Å². The first-order valence-corrected chi connectivity index (χ1v) is 36.0. The van der Waals surface area contributed by atoms with Crippen LogP contribution in [0.3, 0.4) is 0 Å². The number of nitrogens with zero attached hydrogens (tertiary/aromatic N) is 23. The number of H-pyrrole nitrogens is 3. The fraction of sp³-hybridized carbons (Fsp3) is 0.0361. The van der Waals surface area contributed by atoms with E-state index in [2.05, 4.69) is 136 Å². The number of tetrazole rings is 1. The molecule has 0 amide bonds. The third-order valence-electron chi connectivity index (χ3n) is 14.4. The minimum atomic E-state index is 0.360. The number of ether oxygens (including phenoxy) is 2. The molecule has 0 fully saturated rings. The van der Waals surface area contributed by atoms with E-state index >= 15 is 0 Å². The van der Waals surface area contributed by atoms with E-state index in [0.29, 0.717) is 6.79 Å². The molecule has 2 aliphatic rings. The van der Waals surface area contributed by atoms with Gasteiger partial charge in [-0.25, -0.2) is 38.5 Å². The van der Waals surface area contributed by atoms with Crippen molar-refractivity contribution in [1.29, 1.82) is 0 Å². The van der Waals surface area contributed by atoms with Gasteiger partial charge >= 0.3 is 0 Å². The normalized spacial score (nSPS) is 10.2. The van der Waals surface area contributed by atoms with Crippen LogP contribution in [0, 0.1) is 0 Å². The Balaban J connectivity index is 0.000000130. The second-order valence-electron chi connectivity index (χ2n) is 22.2. The first kappa shape index (κ1) is 80.4. The first-order chi connectivity index (χ1) is 56.7. The molecule has 0 radical (unpaired) electrons. The molecule has 17 aromatic heterocycles. The summed E-state index contributed by atoms with van der Waals surface area (Å²) >= 11 is 1.60. The number of oxazole rings is 1. The molecule has 24 rings (SSSR count). The molecule has 4 N–H and O–H groups in total. The van der Waals surface area contributed by atoms with E-state index in [9.17, 15) is 0 Å². The van der Waals surface area contributed by atoms with E-state index in [1.165, 1.54) is 30.4 Å². The zero-order valence-electron chi connectivity index (χ0n) is 61.2. The number of aromatic nitrogens is 26. The number of hydrogen-bond donors (Lipinski definition) is 4. The van der Waals surface area contributed by atoms with Crippen molar-refractivity contribution in [3.63, 3.8) is 0 Å². The third-order valence-corrected chi connectivity index (χ3v) is 15.0. The van der Waals surface area contributed by atoms with E-state index in [-0.39, 0.29) is 0 Å². The van der Waals surface area contributed by atoms with Crippen molar-refractivity contribution in [3.8, 4) is 11.5 Å². The summed E-state index contributed by atoms with van der Waals surface area (Å²) in [5.74, 6) is 1.69. The van der Waals surface area contributed by atoms with E-state index < -0.39 is 0 Å². The Morgan fingerprint density at radius 2 is 1.09 bits per heavy atom. The molecule has 19 heterocycles. The summed E-state index contributed by atoms with van der Waals surface area (Å²) in [5, 5.41) is 52.7. The Bertz CT molecular complexity index is 4760. The standard InChI is InChI=1S/C8H9N.2C7H6N2.C7H5NO.C7H6O2.3C6H5N3.C6H6.C5H4N4.C5H5N.C4H4N2.2C3H4N2.C3H3NS/c1-2-4-8-7(3-1)5-6-9-8;1-2-5-9-6-4-8-7(9)3-1;1-2-4-7-6(3-1)5-8-9-7;2*1-2-4-7-6(3-1)8-5-9-7;1-3-7-6-2-4-8-9(6)5-1;1-2-4-9-5-7-8-6(9)3-1;1-2-4-9-6(3-1)7-5-8-9;1-2-4-6-5-3-1;1-2-4-9-5(3-1)6-7-8-9;2*1-2-4-6-5-3-1;1-2-5-3-4-1;1-2-4-5-3-1;1-2-5-3-4-1/h1-4,9H,5-6H2;1-6H;1-5H,(H,8,9);1-5H;1-4H,5H2;3*1-5H;1-6H;1-4H;1-5H;1-4H;2*1-3H,(H,4,5);1-3H. The summed E-state index contributed by atoms with van der Waals surface area (Å²) < 4.78 is 24.0. The molecule has 0 atom stereocenters. The molecule has 0 spiro atoms. The van der Waals surface area contributed by atoms with E-state index in [1.54, 1.807) is 124 Å². The number of fused-ring (bicyclic) bond motifs is 9. The van der Waals surface area contributed by atoms with Crippen molar-refractivity contribution < 1.29 is 13.9 Å². The maximum Gasteiger partial charge on any atom is 0.231 e. The Morgan fingerprint density at radius 1 is 0.421 bits per heavy atom. The summed E-state index contributed by atoms with van der Waals surface area (Å²) in [6, 6.07) is 81.8. The topological polar surface area (TPSA) is 345 Å². The number of aromatic amines is 3. The Hall–Kier alpha value is -16.2. The van der Waals surface area contributed by atoms with Gasteiger partial charge < -0.3 is 28.6 Å². The molecular formula is C83H77N27O3S. The summed E-state index contributed by atoms with van der Waals surface area (Å²) in [5.41, 5.74) is 11.9. The van der Waals surface area contributed by atoms with Crippen molar-refractivity contribution in [2.24, 2.45) is 0 Å². The van der Waals surface area contributed by atoms with E-state index in [4.69, 9.17) is 13.9 Å². The van der Waals surface area contributed by atoms with Crippen molar-refractivity contribution in [3.05, 3.63) is 414 Å². The molecule has 0 bridgehead atoms. The van der Waals surface area contributed by atoms with Gasteiger partial charge in [0.1, 0.15) is 23.8 Å². The lowest BCUT2D eigenvalue weighted by Gasteiger charge is -1.94. The quantitative estimate of drug-likeness (QED) is 0.110. The predicted octanol–water partition coefficient (Wildman–Crippen LogP) is 15.3. The number of benzene rings is 5. The molecule has 5 aromatic carbocycles. The Kier molecular flexibility index (Phi) is 35.0. The molecule has 568 valence electrons. The van der Waals surface area contributed by atoms with Gasteiger partial charge in [0.25, 0.3) is 0 Å². The van der Waals surface area contributed by atoms with Crippen molar-refractivity contribution >= 4 is 67.3 Å². The summed E-state index contributed by atoms with van der Waals surface area (Å²) in [6.07, 6.45) is 41.4. The number of rotatable bonds is 0. The molecular weight excluding hydrogens is 1460 g/mol. The number of para-hydroxylation sites is 6. The summed E-state index contributed by atoms with van der Waals surface area (Å²) in [6.45, 7) is 1.47. The molecule has 0 aliphatic carbocycles. The SMILES string of the molecule is c1c[nH]cn1.c1ccc2[nH]ncc2c1.c1ccc2c(c1)CCN2.c1ccc2c(c1)OCO2.c1ccc2ocnc2c1.c1ccccc1.c1ccn2ccnc2c1.c1ccn2cnnc2c1.c1ccn2ncnc2c1.c1ccn2nnnc2c1.c1ccncc1.c1ccnnc1.c1cn[nH]c1.c1cnc2ccnn2c1.c1cscn1. The van der Waals surface area contributed by atoms with Crippen LogP contribution in [0.2, 0.25) is 0 Å². The molecule has 2 aliphatic heterocycles. The predicted molar refractivity (Wildman–Crippen MR) is 438 cm³/mol. The monoisotopic (exact) mass is 1530 g/mol. The van der Waals surface area contributed by atoms with E-state index in [0.717, 1.165) is 68.3 Å². The van der Waals surface area contributed by atoms with Crippen molar-refractivity contribution in [2.75, 3.05) is 18.7 Å². The first-order valence-electron chi connectivity index (χ1n) is 35.0. The fourth-order valence-electron chi connectivity index (χ4n) is 9.18. The number of thiazole rings is 1. The van der Waals surface area contributed by atoms with Gasteiger partial charge in [0, 0.05) is 134 Å². The molecule has 30 nitrogen and oxygen atoms in total. The van der Waals surface area contributed by atoms with Crippen LogP contribution < -0.4 is 14.8 Å². The highest BCUT2D eigenvalue weighted by atomic mass is 32.1. The molecule has 0 saturated heterocycles. The van der Waals surface area contributed by atoms with Gasteiger partial charge in [0.2, 0.25) is 6.79 Å². The number of nitrogens with one attached hydrogen (secondary N) is 4. The van der Waals surface area contributed by atoms with Crippen molar-refractivity contribution in [2.45, 2.75) is 6.42 Å². The minimum Gasteiger partial charge on any atom is -0.454 e. The lowest BCUT2D eigenvalue weighted by Crippen LogP contribution is -1.92. The summed E-state index contributed by atoms with van der Waals surface area (Å²) in [7, 11) is 0. The average molecular weight is 1530 g/mol.